The number of Topliss-reactive ketones (excluding diaryl/α,β-unsaturated/α-hetero) is 2. The van der Waals surface area contributed by atoms with E-state index in [1.807, 2.05) is 13.8 Å². The molecule has 1 aliphatic rings. The number of hydrogen-bond donors (Lipinski definition) is 1. The van der Waals surface area contributed by atoms with E-state index in [-0.39, 0.29) is 11.6 Å². The molecule has 0 unspecified atom stereocenters. The fourth-order valence-corrected chi connectivity index (χ4v) is 3.87. The first-order chi connectivity index (χ1) is 9.91. The van der Waals surface area contributed by atoms with E-state index in [4.69, 9.17) is 12.2 Å². The van der Waals surface area contributed by atoms with Gasteiger partial charge in [-0.3, -0.25) is 9.59 Å². The largest absolute Gasteiger partial charge is 0.358 e. The molecule has 114 valence electrons. The van der Waals surface area contributed by atoms with Crippen molar-refractivity contribution in [1.29, 1.82) is 0 Å². The fourth-order valence-electron chi connectivity index (χ4n) is 2.75. The van der Waals surface area contributed by atoms with Gasteiger partial charge in [-0.1, -0.05) is 24.0 Å². The second-order valence-corrected chi connectivity index (χ2v) is 6.96. The maximum Gasteiger partial charge on any atom is 0.189 e. The van der Waals surface area contributed by atoms with Gasteiger partial charge in [0.2, 0.25) is 0 Å². The van der Waals surface area contributed by atoms with Crippen molar-refractivity contribution in [2.45, 2.75) is 33.6 Å². The van der Waals surface area contributed by atoms with Crippen LogP contribution in [0.1, 0.15) is 51.9 Å². The minimum absolute atomic E-state index is 0.00496. The van der Waals surface area contributed by atoms with E-state index in [1.165, 1.54) is 31.5 Å². The lowest BCUT2D eigenvalue weighted by Crippen LogP contribution is -2.24. The van der Waals surface area contributed by atoms with E-state index in [0.29, 0.717) is 17.0 Å². The van der Waals surface area contributed by atoms with Gasteiger partial charge in [-0.15, -0.1) is 0 Å². The first-order valence-electron chi connectivity index (χ1n) is 7.06. The lowest BCUT2D eigenvalue weighted by molar-refractivity contribution is 0.101. The molecule has 0 bridgehead atoms. The molecule has 2 heterocycles. The van der Waals surface area contributed by atoms with Crippen molar-refractivity contribution in [2.75, 3.05) is 18.8 Å². The number of H-pyrrole nitrogens is 1. The predicted octanol–water partition coefficient (Wildman–Crippen LogP) is 3.13. The summed E-state index contributed by atoms with van der Waals surface area (Å²) >= 11 is 6.77. The van der Waals surface area contributed by atoms with Crippen LogP contribution in [-0.2, 0) is 0 Å². The van der Waals surface area contributed by atoms with Gasteiger partial charge in [-0.25, -0.2) is 0 Å². The fraction of sp³-hybridized carbons (Fsp3) is 0.533. The zero-order valence-electron chi connectivity index (χ0n) is 12.6. The van der Waals surface area contributed by atoms with Crippen LogP contribution in [0.3, 0.4) is 0 Å². The maximum absolute atomic E-state index is 12.3. The van der Waals surface area contributed by atoms with Crippen LogP contribution in [0.5, 0.6) is 0 Å². The zero-order valence-corrected chi connectivity index (χ0v) is 14.2. The molecule has 0 aliphatic carbocycles. The van der Waals surface area contributed by atoms with Crippen molar-refractivity contribution in [3.8, 4) is 0 Å². The van der Waals surface area contributed by atoms with Gasteiger partial charge in [0.15, 0.2) is 11.6 Å². The minimum Gasteiger partial charge on any atom is -0.358 e. The number of thiocarbonyl (C=S) groups is 1. The molecular formula is C15H20N2O2S2. The number of nitrogens with zero attached hydrogens (tertiary/aromatic N) is 1. The highest BCUT2D eigenvalue weighted by Gasteiger charge is 2.21. The van der Waals surface area contributed by atoms with Crippen LogP contribution >= 0.6 is 24.0 Å². The first kappa shape index (κ1) is 16.2. The highest BCUT2D eigenvalue weighted by molar-refractivity contribution is 8.23. The lowest BCUT2D eigenvalue weighted by atomic mass is 10.1. The first-order valence-corrected chi connectivity index (χ1v) is 8.46. The Labute approximate surface area is 134 Å². The maximum atomic E-state index is 12.3. The molecule has 0 spiro atoms. The molecule has 1 aliphatic heterocycles. The van der Waals surface area contributed by atoms with Gasteiger partial charge >= 0.3 is 0 Å². The van der Waals surface area contributed by atoms with Crippen molar-refractivity contribution in [3.05, 3.63) is 22.5 Å². The van der Waals surface area contributed by atoms with Crippen molar-refractivity contribution < 1.29 is 9.59 Å². The van der Waals surface area contributed by atoms with Crippen molar-refractivity contribution in [2.24, 2.45) is 0 Å². The third-order valence-electron chi connectivity index (χ3n) is 3.76. The Balaban J connectivity index is 2.02. The number of aryl methyl sites for hydroxylation is 1. The van der Waals surface area contributed by atoms with Gasteiger partial charge < -0.3 is 9.88 Å². The monoisotopic (exact) mass is 324 g/mol. The second-order valence-electron chi connectivity index (χ2n) is 5.35. The molecule has 1 N–H and O–H groups in total. The van der Waals surface area contributed by atoms with Crippen LogP contribution in [0.2, 0.25) is 0 Å². The molecule has 0 saturated carbocycles. The summed E-state index contributed by atoms with van der Waals surface area (Å²) < 4.78 is 0.800. The topological polar surface area (TPSA) is 53.2 Å². The van der Waals surface area contributed by atoms with E-state index in [1.54, 1.807) is 0 Å². The Bertz CT molecular complexity index is 587. The highest BCUT2D eigenvalue weighted by atomic mass is 32.2. The van der Waals surface area contributed by atoms with Crippen LogP contribution in [0.25, 0.3) is 0 Å². The quantitative estimate of drug-likeness (QED) is 0.681. The number of ketones is 2. The smallest absolute Gasteiger partial charge is 0.189 e. The average molecular weight is 324 g/mol. The summed E-state index contributed by atoms with van der Waals surface area (Å²) in [7, 11) is 0. The van der Waals surface area contributed by atoms with E-state index in [2.05, 4.69) is 9.88 Å². The summed E-state index contributed by atoms with van der Waals surface area (Å²) in [6.07, 6.45) is 2.34. The number of hydrogen-bond acceptors (Lipinski definition) is 4. The zero-order chi connectivity index (χ0) is 15.6. The van der Waals surface area contributed by atoms with Gasteiger partial charge in [0.25, 0.3) is 0 Å². The number of carbonyl (C=O) groups excluding carboxylic acids is 2. The molecule has 1 aromatic heterocycles. The molecule has 21 heavy (non-hydrogen) atoms. The molecular weight excluding hydrogens is 304 g/mol. The number of aromatic amines is 1. The SMILES string of the molecule is CC(=O)c1c(C)[nH]c(C(=O)CSC(=S)N2CCCC2)c1C. The summed E-state index contributed by atoms with van der Waals surface area (Å²) in [4.78, 5) is 29.1. The van der Waals surface area contributed by atoms with Crippen molar-refractivity contribution in [3.63, 3.8) is 0 Å². The van der Waals surface area contributed by atoms with Crippen LogP contribution < -0.4 is 0 Å². The van der Waals surface area contributed by atoms with Gasteiger partial charge in [0.1, 0.15) is 4.32 Å². The van der Waals surface area contributed by atoms with E-state index in [0.717, 1.165) is 28.7 Å². The normalized spacial score (nSPS) is 14.5. The average Bonchev–Trinajstić information content (AvgIpc) is 3.03. The highest BCUT2D eigenvalue weighted by Crippen LogP contribution is 2.22. The molecule has 0 atom stereocenters. The lowest BCUT2D eigenvalue weighted by Gasteiger charge is -2.17. The standard InChI is InChI=1S/C15H20N2O2S2/c1-9-13(11(3)18)10(2)16-14(9)12(19)8-21-15(20)17-6-4-5-7-17/h16H,4-8H2,1-3H3. The number of thioether (sulfide) groups is 1. The number of nitrogens with one attached hydrogen (secondary N) is 1. The minimum atomic E-state index is -0.0134. The van der Waals surface area contributed by atoms with E-state index in [9.17, 15) is 9.59 Å². The molecule has 1 aromatic rings. The number of likely N-dealkylation sites (tertiary alicyclic amines) is 1. The third-order valence-corrected chi connectivity index (χ3v) is 5.28. The van der Waals surface area contributed by atoms with Crippen LogP contribution in [0.4, 0.5) is 0 Å². The third kappa shape index (κ3) is 3.55. The molecule has 0 radical (unpaired) electrons. The van der Waals surface area contributed by atoms with Crippen molar-refractivity contribution >= 4 is 39.9 Å². The van der Waals surface area contributed by atoms with Crippen LogP contribution in [0, 0.1) is 13.8 Å². The Hall–Kier alpha value is -1.14. The van der Waals surface area contributed by atoms with Gasteiger partial charge in [-0.05, 0) is 39.2 Å². The van der Waals surface area contributed by atoms with Gasteiger partial charge in [0, 0.05) is 24.3 Å². The molecule has 0 aromatic carbocycles. The summed E-state index contributed by atoms with van der Waals surface area (Å²) in [6, 6.07) is 0. The summed E-state index contributed by atoms with van der Waals surface area (Å²) in [5, 5.41) is 0. The van der Waals surface area contributed by atoms with Crippen LogP contribution in [0.15, 0.2) is 0 Å². The van der Waals surface area contributed by atoms with Gasteiger partial charge in [0.05, 0.1) is 11.4 Å². The Morgan fingerprint density at radius 3 is 2.43 bits per heavy atom. The summed E-state index contributed by atoms with van der Waals surface area (Å²) in [5.41, 5.74) is 2.67. The van der Waals surface area contributed by atoms with Gasteiger partial charge in [-0.2, -0.15) is 0 Å². The second kappa shape index (κ2) is 6.75. The Kier molecular flexibility index (Phi) is 5.22. The number of carbonyl (C=O) groups is 2. The summed E-state index contributed by atoms with van der Waals surface area (Å²) in [6.45, 7) is 7.15. The molecule has 6 heteroatoms. The Morgan fingerprint density at radius 1 is 1.29 bits per heavy atom. The van der Waals surface area contributed by atoms with E-state index >= 15 is 0 Å². The molecule has 1 fully saturated rings. The number of rotatable bonds is 4. The van der Waals surface area contributed by atoms with E-state index < -0.39 is 0 Å². The predicted molar refractivity (Wildman–Crippen MR) is 90.5 cm³/mol. The number of aromatic nitrogens is 1. The summed E-state index contributed by atoms with van der Waals surface area (Å²) in [5.74, 6) is 0.295. The Morgan fingerprint density at radius 2 is 1.90 bits per heavy atom. The molecule has 4 nitrogen and oxygen atoms in total. The van der Waals surface area contributed by atoms with Crippen LogP contribution in [-0.4, -0.2) is 44.6 Å². The molecule has 2 rings (SSSR count). The molecule has 0 amide bonds. The van der Waals surface area contributed by atoms with Crippen molar-refractivity contribution in [1.82, 2.24) is 9.88 Å². The molecule has 1 saturated heterocycles.